The highest BCUT2D eigenvalue weighted by Gasteiger charge is 2.24. The number of benzene rings is 2. The maximum Gasteiger partial charge on any atom is 0.255 e. The summed E-state index contributed by atoms with van der Waals surface area (Å²) < 4.78 is 5.47. The largest absolute Gasteiger partial charge is 0.507 e. The van der Waals surface area contributed by atoms with Crippen molar-refractivity contribution in [3.8, 4) is 5.75 Å². The lowest BCUT2D eigenvalue weighted by Crippen LogP contribution is -2.43. The van der Waals surface area contributed by atoms with E-state index in [1.54, 1.807) is 12.1 Å². The topological polar surface area (TPSA) is 61.8 Å². The van der Waals surface area contributed by atoms with Crippen LogP contribution in [0.1, 0.15) is 33.1 Å². The third-order valence-corrected chi connectivity index (χ3v) is 4.77. The van der Waals surface area contributed by atoms with Gasteiger partial charge in [0.25, 0.3) is 5.91 Å². The van der Waals surface area contributed by atoms with E-state index in [1.807, 2.05) is 19.1 Å². The lowest BCUT2D eigenvalue weighted by molar-refractivity contribution is 0.0162. The first-order valence-electron chi connectivity index (χ1n) is 9.01. The van der Waals surface area contributed by atoms with Gasteiger partial charge in [-0.2, -0.15) is 0 Å². The molecule has 2 aromatic carbocycles. The number of carbonyl (C=O) groups excluding carboxylic acids is 1. The van der Waals surface area contributed by atoms with Crippen molar-refractivity contribution in [2.75, 3.05) is 32.8 Å². The molecular weight excluding hydrogens is 328 g/mol. The lowest BCUT2D eigenvalue weighted by atomic mass is 10.0. The smallest absolute Gasteiger partial charge is 0.255 e. The minimum Gasteiger partial charge on any atom is -0.507 e. The first kappa shape index (κ1) is 18.4. The number of hydrogen-bond acceptors (Lipinski definition) is 4. The fourth-order valence-electron chi connectivity index (χ4n) is 3.34. The summed E-state index contributed by atoms with van der Waals surface area (Å²) in [6.07, 6.45) is 0. The van der Waals surface area contributed by atoms with Crippen LogP contribution < -0.4 is 5.32 Å². The third-order valence-electron chi connectivity index (χ3n) is 4.77. The molecule has 0 aliphatic carbocycles. The highest BCUT2D eigenvalue weighted by Crippen LogP contribution is 2.23. The molecule has 0 spiro atoms. The third kappa shape index (κ3) is 4.42. The number of ether oxygens (including phenoxy) is 1. The van der Waals surface area contributed by atoms with E-state index in [0.29, 0.717) is 25.3 Å². The van der Waals surface area contributed by atoms with Crippen molar-refractivity contribution >= 4 is 5.91 Å². The van der Waals surface area contributed by atoms with E-state index in [0.717, 1.165) is 18.7 Å². The number of phenolic OH excluding ortho intramolecular Hbond substituents is 1. The molecule has 0 aromatic heterocycles. The van der Waals surface area contributed by atoms with Gasteiger partial charge in [0.15, 0.2) is 0 Å². The van der Waals surface area contributed by atoms with E-state index in [-0.39, 0.29) is 17.7 Å². The molecule has 0 saturated carbocycles. The monoisotopic (exact) mass is 354 g/mol. The molecule has 1 aliphatic rings. The Kier molecular flexibility index (Phi) is 5.91. The number of rotatable bonds is 5. The molecule has 1 heterocycles. The van der Waals surface area contributed by atoms with Crippen molar-refractivity contribution < 1.29 is 14.6 Å². The normalized spacial score (nSPS) is 16.2. The molecule has 5 nitrogen and oxygen atoms in total. The SMILES string of the molecule is Cc1cccc(C(CNC(=O)c2ccc(C)cc2O)N2CCOCC2)c1. The van der Waals surface area contributed by atoms with Gasteiger partial charge in [0.05, 0.1) is 24.8 Å². The summed E-state index contributed by atoms with van der Waals surface area (Å²) in [6.45, 7) is 7.52. The standard InChI is InChI=1S/C21H26N2O3/c1-15-4-3-5-17(12-15)19(23-8-10-26-11-9-23)14-22-21(25)18-7-6-16(2)13-20(18)24/h3-7,12-13,19,24H,8-11,14H2,1-2H3,(H,22,25). The highest BCUT2D eigenvalue weighted by molar-refractivity contribution is 5.96. The van der Waals surface area contributed by atoms with Gasteiger partial charge < -0.3 is 15.2 Å². The van der Waals surface area contributed by atoms with E-state index in [2.05, 4.69) is 35.3 Å². The summed E-state index contributed by atoms with van der Waals surface area (Å²) in [5.41, 5.74) is 3.61. The molecule has 2 aromatic rings. The van der Waals surface area contributed by atoms with Gasteiger partial charge in [0.2, 0.25) is 0 Å². The second-order valence-electron chi connectivity index (χ2n) is 6.81. The Labute approximate surface area is 154 Å². The van der Waals surface area contributed by atoms with E-state index >= 15 is 0 Å². The number of amides is 1. The van der Waals surface area contributed by atoms with Crippen molar-refractivity contribution in [3.05, 3.63) is 64.7 Å². The average molecular weight is 354 g/mol. The number of hydrogen-bond donors (Lipinski definition) is 2. The Morgan fingerprint density at radius 1 is 1.15 bits per heavy atom. The summed E-state index contributed by atoms with van der Waals surface area (Å²) in [4.78, 5) is 14.9. The molecular formula is C21H26N2O3. The van der Waals surface area contributed by atoms with E-state index < -0.39 is 0 Å². The Morgan fingerprint density at radius 3 is 2.58 bits per heavy atom. The van der Waals surface area contributed by atoms with Crippen LogP contribution in [-0.2, 0) is 4.74 Å². The molecule has 26 heavy (non-hydrogen) atoms. The molecule has 1 unspecified atom stereocenters. The molecule has 1 fully saturated rings. The molecule has 0 radical (unpaired) electrons. The molecule has 138 valence electrons. The summed E-state index contributed by atoms with van der Waals surface area (Å²) in [6, 6.07) is 13.6. The van der Waals surface area contributed by atoms with Crippen LogP contribution in [0.15, 0.2) is 42.5 Å². The Morgan fingerprint density at radius 2 is 1.88 bits per heavy atom. The Balaban J connectivity index is 1.76. The van der Waals surface area contributed by atoms with Gasteiger partial charge in [-0.05, 0) is 37.1 Å². The van der Waals surface area contributed by atoms with Crippen LogP contribution in [0, 0.1) is 13.8 Å². The number of nitrogens with zero attached hydrogens (tertiary/aromatic N) is 1. The summed E-state index contributed by atoms with van der Waals surface area (Å²) in [7, 11) is 0. The number of aryl methyl sites for hydroxylation is 2. The minimum atomic E-state index is -0.256. The van der Waals surface area contributed by atoms with Gasteiger partial charge in [-0.1, -0.05) is 35.9 Å². The van der Waals surface area contributed by atoms with Crippen LogP contribution in [0.25, 0.3) is 0 Å². The Bertz CT molecular complexity index is 770. The molecule has 5 heteroatoms. The zero-order valence-electron chi connectivity index (χ0n) is 15.4. The van der Waals surface area contributed by atoms with Crippen molar-refractivity contribution in [1.29, 1.82) is 0 Å². The van der Waals surface area contributed by atoms with Crippen molar-refractivity contribution in [2.24, 2.45) is 0 Å². The van der Waals surface area contributed by atoms with Gasteiger partial charge in [0.1, 0.15) is 5.75 Å². The van der Waals surface area contributed by atoms with Crippen LogP contribution in [0.2, 0.25) is 0 Å². The predicted octanol–water partition coefficient (Wildman–Crippen LogP) is 2.81. The van der Waals surface area contributed by atoms with Gasteiger partial charge in [-0.3, -0.25) is 9.69 Å². The molecule has 2 N–H and O–H groups in total. The maximum absolute atomic E-state index is 12.5. The van der Waals surface area contributed by atoms with Crippen molar-refractivity contribution in [2.45, 2.75) is 19.9 Å². The van der Waals surface area contributed by atoms with Gasteiger partial charge in [-0.25, -0.2) is 0 Å². The average Bonchev–Trinajstić information content (AvgIpc) is 2.63. The number of nitrogens with one attached hydrogen (secondary N) is 1. The number of morpholine rings is 1. The van der Waals surface area contributed by atoms with E-state index in [1.165, 1.54) is 11.1 Å². The van der Waals surface area contributed by atoms with Crippen LogP contribution in [0.4, 0.5) is 0 Å². The predicted molar refractivity (Wildman–Crippen MR) is 101 cm³/mol. The van der Waals surface area contributed by atoms with Crippen molar-refractivity contribution in [3.63, 3.8) is 0 Å². The second-order valence-corrected chi connectivity index (χ2v) is 6.81. The molecule has 1 amide bonds. The van der Waals surface area contributed by atoms with Gasteiger partial charge in [-0.15, -0.1) is 0 Å². The lowest BCUT2D eigenvalue weighted by Gasteiger charge is -2.35. The highest BCUT2D eigenvalue weighted by atomic mass is 16.5. The first-order chi connectivity index (χ1) is 12.5. The minimum absolute atomic E-state index is 0.0148. The molecule has 1 saturated heterocycles. The second kappa shape index (κ2) is 8.34. The molecule has 3 rings (SSSR count). The fourth-order valence-corrected chi connectivity index (χ4v) is 3.34. The van der Waals surface area contributed by atoms with Gasteiger partial charge >= 0.3 is 0 Å². The zero-order chi connectivity index (χ0) is 18.5. The van der Waals surface area contributed by atoms with Crippen LogP contribution in [0.3, 0.4) is 0 Å². The number of carbonyl (C=O) groups is 1. The van der Waals surface area contributed by atoms with Crippen LogP contribution in [0.5, 0.6) is 5.75 Å². The molecule has 1 aliphatic heterocycles. The molecule has 1 atom stereocenters. The maximum atomic E-state index is 12.5. The van der Waals surface area contributed by atoms with Crippen molar-refractivity contribution in [1.82, 2.24) is 10.2 Å². The van der Waals surface area contributed by atoms with Gasteiger partial charge in [0, 0.05) is 19.6 Å². The zero-order valence-corrected chi connectivity index (χ0v) is 15.4. The fraction of sp³-hybridized carbons (Fsp3) is 0.381. The quantitative estimate of drug-likeness (QED) is 0.867. The number of phenols is 1. The Hall–Kier alpha value is -2.37. The number of aromatic hydroxyl groups is 1. The summed E-state index contributed by atoms with van der Waals surface area (Å²) >= 11 is 0. The van der Waals surface area contributed by atoms with Crippen LogP contribution in [-0.4, -0.2) is 48.8 Å². The van der Waals surface area contributed by atoms with E-state index in [4.69, 9.17) is 4.74 Å². The summed E-state index contributed by atoms with van der Waals surface area (Å²) in [5, 5.41) is 13.0. The van der Waals surface area contributed by atoms with E-state index in [9.17, 15) is 9.90 Å². The molecule has 0 bridgehead atoms. The first-order valence-corrected chi connectivity index (χ1v) is 9.01. The van der Waals surface area contributed by atoms with Crippen LogP contribution >= 0.6 is 0 Å². The summed E-state index contributed by atoms with van der Waals surface area (Å²) in [5.74, 6) is -0.241.